The van der Waals surface area contributed by atoms with E-state index in [-0.39, 0.29) is 37.2 Å². The molecule has 37 heavy (non-hydrogen) atoms. The maximum absolute atomic E-state index is 13.8. The Balaban J connectivity index is 1.80. The highest BCUT2D eigenvalue weighted by Gasteiger charge is 2.51. The van der Waals surface area contributed by atoms with Crippen LogP contribution in [-0.2, 0) is 21.5 Å². The second-order valence-electron chi connectivity index (χ2n) is 8.77. The molecule has 1 atom stereocenters. The summed E-state index contributed by atoms with van der Waals surface area (Å²) in [6.45, 7) is 1.93. The highest BCUT2D eigenvalue weighted by Crippen LogP contribution is 2.46. The van der Waals surface area contributed by atoms with Crippen molar-refractivity contribution in [3.05, 3.63) is 92.4 Å². The van der Waals surface area contributed by atoms with Crippen molar-refractivity contribution >= 4 is 63.9 Å². The molecular formula is C27H25Cl3N4O3. The number of carbonyl (C=O) groups excluding carboxylic acids is 3. The van der Waals surface area contributed by atoms with Gasteiger partial charge in [0.2, 0.25) is 5.91 Å². The normalized spacial score (nSPS) is 16.1. The molecule has 3 aromatic carbocycles. The molecule has 1 aliphatic heterocycles. The average Bonchev–Trinajstić information content (AvgIpc) is 3.11. The Morgan fingerprint density at radius 1 is 0.919 bits per heavy atom. The van der Waals surface area contributed by atoms with Gasteiger partial charge in [-0.15, -0.1) is 0 Å². The van der Waals surface area contributed by atoms with Gasteiger partial charge in [0, 0.05) is 59.8 Å². The van der Waals surface area contributed by atoms with Crippen LogP contribution in [0.4, 0.5) is 11.4 Å². The van der Waals surface area contributed by atoms with Crippen LogP contribution in [0.1, 0.15) is 28.4 Å². The van der Waals surface area contributed by atoms with E-state index in [0.717, 1.165) is 5.56 Å². The summed E-state index contributed by atoms with van der Waals surface area (Å²) in [5, 5.41) is 9.85. The molecule has 0 fully saturated rings. The molecule has 0 radical (unpaired) electrons. The molecule has 10 heteroatoms. The molecule has 1 aliphatic rings. The molecule has 0 aliphatic carbocycles. The van der Waals surface area contributed by atoms with Crippen LogP contribution in [-0.4, -0.2) is 37.9 Å². The quantitative estimate of drug-likeness (QED) is 0.337. The summed E-state index contributed by atoms with van der Waals surface area (Å²) >= 11 is 18.9. The van der Waals surface area contributed by atoms with E-state index in [1.807, 2.05) is 24.3 Å². The lowest BCUT2D eigenvalue weighted by molar-refractivity contribution is -0.121. The van der Waals surface area contributed by atoms with Crippen LogP contribution in [0.2, 0.25) is 15.1 Å². The number of halogens is 3. The topological polar surface area (TPSA) is 90.5 Å². The van der Waals surface area contributed by atoms with Gasteiger partial charge in [-0.25, -0.2) is 0 Å². The molecule has 4 rings (SSSR count). The lowest BCUT2D eigenvalue weighted by Crippen LogP contribution is -2.51. The Labute approximate surface area is 230 Å². The number of nitrogens with one attached hydrogen (secondary N) is 3. The first-order valence-corrected chi connectivity index (χ1v) is 12.7. The van der Waals surface area contributed by atoms with Crippen LogP contribution in [0.5, 0.6) is 0 Å². The Hall–Kier alpha value is -3.26. The van der Waals surface area contributed by atoms with E-state index in [9.17, 15) is 14.4 Å². The van der Waals surface area contributed by atoms with Crippen LogP contribution in [0.15, 0.2) is 60.7 Å². The molecule has 0 bridgehead atoms. The minimum atomic E-state index is -1.24. The van der Waals surface area contributed by atoms with Gasteiger partial charge in [0.25, 0.3) is 11.8 Å². The number of carbonyl (C=O) groups is 3. The highest BCUT2D eigenvalue weighted by atomic mass is 35.5. The van der Waals surface area contributed by atoms with Gasteiger partial charge >= 0.3 is 0 Å². The molecule has 3 aromatic rings. The van der Waals surface area contributed by atoms with Crippen LogP contribution < -0.4 is 20.9 Å². The van der Waals surface area contributed by atoms with Gasteiger partial charge in [0.05, 0.1) is 11.3 Å². The van der Waals surface area contributed by atoms with E-state index < -0.39 is 5.54 Å². The Morgan fingerprint density at radius 2 is 1.59 bits per heavy atom. The SMILES string of the molecule is CC(=O)NCCNC(=O)c1ccc(Cl)cc1N(C)C1(Cc2cccc(Cl)c2)C(=O)Nc2cc(Cl)ccc21. The van der Waals surface area contributed by atoms with E-state index in [1.54, 1.807) is 48.3 Å². The van der Waals surface area contributed by atoms with Crippen molar-refractivity contribution in [1.82, 2.24) is 10.6 Å². The van der Waals surface area contributed by atoms with Crippen molar-refractivity contribution in [1.29, 1.82) is 0 Å². The molecule has 0 saturated carbocycles. The minimum Gasteiger partial charge on any atom is -0.356 e. The van der Waals surface area contributed by atoms with Crippen LogP contribution in [0, 0.1) is 0 Å². The second-order valence-corrected chi connectivity index (χ2v) is 10.1. The van der Waals surface area contributed by atoms with Crippen LogP contribution >= 0.6 is 34.8 Å². The molecule has 0 spiro atoms. The largest absolute Gasteiger partial charge is 0.356 e. The molecular weight excluding hydrogens is 535 g/mol. The Kier molecular flexibility index (Phi) is 7.97. The van der Waals surface area contributed by atoms with Gasteiger partial charge in [-0.1, -0.05) is 53.0 Å². The maximum Gasteiger partial charge on any atom is 0.255 e. The maximum atomic E-state index is 13.8. The number of anilines is 2. The predicted molar refractivity (Wildman–Crippen MR) is 148 cm³/mol. The number of rotatable bonds is 8. The van der Waals surface area contributed by atoms with E-state index in [0.29, 0.717) is 37.6 Å². The Morgan fingerprint density at radius 3 is 2.32 bits per heavy atom. The van der Waals surface area contributed by atoms with Crippen molar-refractivity contribution in [2.75, 3.05) is 30.4 Å². The number of amides is 3. The van der Waals surface area contributed by atoms with E-state index in [4.69, 9.17) is 34.8 Å². The number of hydrogen-bond acceptors (Lipinski definition) is 4. The summed E-state index contributed by atoms with van der Waals surface area (Å²) in [6.07, 6.45) is 0.265. The first-order chi connectivity index (χ1) is 17.6. The minimum absolute atomic E-state index is 0.185. The zero-order valence-electron chi connectivity index (χ0n) is 20.2. The number of fused-ring (bicyclic) bond motifs is 1. The van der Waals surface area contributed by atoms with Crippen molar-refractivity contribution in [2.45, 2.75) is 18.9 Å². The summed E-state index contributed by atoms with van der Waals surface area (Å²) in [6, 6.07) is 17.4. The van der Waals surface area contributed by atoms with Gasteiger partial charge in [0.15, 0.2) is 5.54 Å². The number of benzene rings is 3. The standard InChI is InChI=1S/C27H25Cl3N4O3/c1-16(35)31-10-11-32-25(36)21-8-6-20(30)14-24(21)34(2)27(15-17-4-3-5-18(28)12-17)22-9-7-19(29)13-23(22)33-26(27)37/h3-9,12-14H,10-11,15H2,1-2H3,(H,31,35)(H,32,36)(H,33,37). The van der Waals surface area contributed by atoms with Crippen molar-refractivity contribution in [3.63, 3.8) is 0 Å². The van der Waals surface area contributed by atoms with Crippen LogP contribution in [0.3, 0.4) is 0 Å². The summed E-state index contributed by atoms with van der Waals surface area (Å²) in [4.78, 5) is 39.9. The number of nitrogens with zero attached hydrogens (tertiary/aromatic N) is 1. The molecule has 0 aromatic heterocycles. The fourth-order valence-corrected chi connectivity index (χ4v) is 5.14. The monoisotopic (exact) mass is 558 g/mol. The smallest absolute Gasteiger partial charge is 0.255 e. The molecule has 1 unspecified atom stereocenters. The fourth-order valence-electron chi connectivity index (χ4n) is 4.59. The van der Waals surface area contributed by atoms with E-state index in [2.05, 4.69) is 16.0 Å². The van der Waals surface area contributed by atoms with Crippen molar-refractivity contribution in [2.24, 2.45) is 0 Å². The second kappa shape index (κ2) is 11.0. The van der Waals surface area contributed by atoms with E-state index >= 15 is 0 Å². The van der Waals surface area contributed by atoms with Gasteiger partial charge < -0.3 is 20.9 Å². The van der Waals surface area contributed by atoms with Crippen molar-refractivity contribution < 1.29 is 14.4 Å². The molecule has 0 saturated heterocycles. The Bertz CT molecular complexity index is 1380. The third-order valence-corrected chi connectivity index (χ3v) is 7.03. The number of hydrogen-bond donors (Lipinski definition) is 3. The van der Waals surface area contributed by atoms with Gasteiger partial charge in [0.1, 0.15) is 0 Å². The van der Waals surface area contributed by atoms with E-state index in [1.165, 1.54) is 6.92 Å². The third-order valence-electron chi connectivity index (χ3n) is 6.32. The average molecular weight is 560 g/mol. The summed E-state index contributed by atoms with van der Waals surface area (Å²) < 4.78 is 0. The predicted octanol–water partition coefficient (Wildman–Crippen LogP) is 5.04. The lowest BCUT2D eigenvalue weighted by atomic mass is 9.82. The molecule has 3 amide bonds. The molecule has 7 nitrogen and oxygen atoms in total. The molecule has 3 N–H and O–H groups in total. The fraction of sp³-hybridized carbons (Fsp3) is 0.222. The zero-order valence-corrected chi connectivity index (χ0v) is 22.5. The van der Waals surface area contributed by atoms with Crippen LogP contribution in [0.25, 0.3) is 0 Å². The summed E-state index contributed by atoms with van der Waals surface area (Å²) in [7, 11) is 1.76. The third kappa shape index (κ3) is 5.54. The highest BCUT2D eigenvalue weighted by molar-refractivity contribution is 6.32. The van der Waals surface area contributed by atoms with Gasteiger partial charge in [-0.05, 0) is 48.0 Å². The zero-order chi connectivity index (χ0) is 26.7. The molecule has 1 heterocycles. The molecule has 192 valence electrons. The first kappa shape index (κ1) is 26.8. The summed E-state index contributed by atoms with van der Waals surface area (Å²) in [5.41, 5.74) is 1.69. The van der Waals surface area contributed by atoms with Gasteiger partial charge in [-0.3, -0.25) is 14.4 Å². The summed E-state index contributed by atoms with van der Waals surface area (Å²) in [5.74, 6) is -0.823. The first-order valence-electron chi connectivity index (χ1n) is 11.5. The van der Waals surface area contributed by atoms with Crippen molar-refractivity contribution in [3.8, 4) is 0 Å². The lowest BCUT2D eigenvalue weighted by Gasteiger charge is -2.40. The van der Waals surface area contributed by atoms with Gasteiger partial charge in [-0.2, -0.15) is 0 Å². The number of likely N-dealkylation sites (N-methyl/N-ethyl adjacent to an activating group) is 1.